The van der Waals surface area contributed by atoms with Crippen molar-refractivity contribution in [3.63, 3.8) is 0 Å². The molecular weight excluding hydrogens is 194 g/mol. The highest BCUT2D eigenvalue weighted by molar-refractivity contribution is 5.68. The lowest BCUT2D eigenvalue weighted by Gasteiger charge is -2.16. The Labute approximate surface area is 88.6 Å². The van der Waals surface area contributed by atoms with Gasteiger partial charge in [0.25, 0.3) is 0 Å². The zero-order valence-electron chi connectivity index (χ0n) is 8.68. The molecule has 2 N–H and O–H groups in total. The second-order valence-corrected chi connectivity index (χ2v) is 3.32. The van der Waals surface area contributed by atoms with Crippen molar-refractivity contribution in [1.82, 2.24) is 9.97 Å². The van der Waals surface area contributed by atoms with Crippen LogP contribution in [0.25, 0.3) is 0 Å². The molecule has 1 atom stereocenters. The predicted molar refractivity (Wildman–Crippen MR) is 56.6 cm³/mol. The molecule has 0 amide bonds. The molecule has 0 aromatic carbocycles. The average molecular weight is 209 g/mol. The molecule has 0 aliphatic rings. The summed E-state index contributed by atoms with van der Waals surface area (Å²) in [5.74, 6) is -0.125. The first-order chi connectivity index (χ1) is 7.22. The number of aliphatic carboxylic acids is 1. The van der Waals surface area contributed by atoms with Crippen molar-refractivity contribution in [2.45, 2.75) is 32.2 Å². The van der Waals surface area contributed by atoms with Crippen molar-refractivity contribution in [1.29, 1.82) is 0 Å². The number of carboxylic acids is 1. The lowest BCUT2D eigenvalue weighted by atomic mass is 10.1. The van der Waals surface area contributed by atoms with Gasteiger partial charge in [0.05, 0.1) is 6.42 Å². The Balaban J connectivity index is 2.54. The Morgan fingerprint density at radius 1 is 1.67 bits per heavy atom. The molecule has 0 aliphatic carbocycles. The number of nitrogens with one attached hydrogen (secondary N) is 1. The van der Waals surface area contributed by atoms with Gasteiger partial charge in [0.2, 0.25) is 0 Å². The lowest BCUT2D eigenvalue weighted by Crippen LogP contribution is -2.23. The largest absolute Gasteiger partial charge is 0.481 e. The third-order valence-electron chi connectivity index (χ3n) is 1.99. The monoisotopic (exact) mass is 209 g/mol. The smallest absolute Gasteiger partial charge is 0.305 e. The van der Waals surface area contributed by atoms with E-state index in [4.69, 9.17) is 5.11 Å². The fourth-order valence-corrected chi connectivity index (χ4v) is 1.37. The van der Waals surface area contributed by atoms with Gasteiger partial charge in [0, 0.05) is 12.2 Å². The normalized spacial score (nSPS) is 12.1. The van der Waals surface area contributed by atoms with Crippen molar-refractivity contribution in [2.24, 2.45) is 0 Å². The maximum atomic E-state index is 10.6. The molecule has 5 heteroatoms. The Bertz CT molecular complexity index is 303. The summed E-state index contributed by atoms with van der Waals surface area (Å²) in [5, 5.41) is 11.8. The maximum Gasteiger partial charge on any atom is 0.305 e. The molecule has 1 aromatic rings. The summed E-state index contributed by atoms with van der Waals surface area (Å²) in [6.07, 6.45) is 4.93. The molecule has 0 saturated heterocycles. The van der Waals surface area contributed by atoms with Crippen LogP contribution in [0.15, 0.2) is 18.6 Å². The van der Waals surface area contributed by atoms with Crippen LogP contribution < -0.4 is 5.32 Å². The first kappa shape index (κ1) is 11.4. The van der Waals surface area contributed by atoms with Gasteiger partial charge in [-0.25, -0.2) is 9.97 Å². The van der Waals surface area contributed by atoms with Gasteiger partial charge in [-0.2, -0.15) is 0 Å². The quantitative estimate of drug-likeness (QED) is 0.743. The Morgan fingerprint density at radius 2 is 2.47 bits per heavy atom. The number of rotatable bonds is 6. The van der Waals surface area contributed by atoms with E-state index in [-0.39, 0.29) is 12.5 Å². The second-order valence-electron chi connectivity index (χ2n) is 3.32. The first-order valence-electron chi connectivity index (χ1n) is 4.96. The van der Waals surface area contributed by atoms with E-state index in [2.05, 4.69) is 15.3 Å². The van der Waals surface area contributed by atoms with Crippen LogP contribution in [0.5, 0.6) is 0 Å². The van der Waals surface area contributed by atoms with E-state index in [1.165, 1.54) is 6.33 Å². The molecule has 0 radical (unpaired) electrons. The minimum absolute atomic E-state index is 0.0672. The molecule has 15 heavy (non-hydrogen) atoms. The molecule has 0 saturated carbocycles. The SMILES string of the molecule is CCCC(CC(=O)O)Nc1ccncn1. The van der Waals surface area contributed by atoms with Crippen molar-refractivity contribution in [3.05, 3.63) is 18.6 Å². The molecule has 5 nitrogen and oxygen atoms in total. The number of aromatic nitrogens is 2. The molecule has 1 unspecified atom stereocenters. The number of anilines is 1. The number of carbonyl (C=O) groups is 1. The predicted octanol–water partition coefficient (Wildman–Crippen LogP) is 1.53. The number of hydrogen-bond donors (Lipinski definition) is 2. The second kappa shape index (κ2) is 5.95. The van der Waals surface area contributed by atoms with Gasteiger partial charge in [0.1, 0.15) is 12.1 Å². The van der Waals surface area contributed by atoms with E-state index in [0.717, 1.165) is 12.8 Å². The summed E-state index contributed by atoms with van der Waals surface area (Å²) < 4.78 is 0. The van der Waals surface area contributed by atoms with E-state index in [1.807, 2.05) is 6.92 Å². The van der Waals surface area contributed by atoms with Crippen molar-refractivity contribution < 1.29 is 9.90 Å². The van der Waals surface area contributed by atoms with Crippen LogP contribution in [0.4, 0.5) is 5.82 Å². The summed E-state index contributed by atoms with van der Waals surface area (Å²) >= 11 is 0. The molecule has 1 heterocycles. The number of nitrogens with zero attached hydrogens (tertiary/aromatic N) is 2. The van der Waals surface area contributed by atoms with Crippen LogP contribution in [0.1, 0.15) is 26.2 Å². The minimum atomic E-state index is -0.796. The number of hydrogen-bond acceptors (Lipinski definition) is 4. The third-order valence-corrected chi connectivity index (χ3v) is 1.99. The fraction of sp³-hybridized carbons (Fsp3) is 0.500. The summed E-state index contributed by atoms with van der Waals surface area (Å²) in [7, 11) is 0. The van der Waals surface area contributed by atoms with Gasteiger partial charge in [-0.3, -0.25) is 4.79 Å². The first-order valence-corrected chi connectivity index (χ1v) is 4.96. The van der Waals surface area contributed by atoms with Crippen LogP contribution in [-0.2, 0) is 4.79 Å². The highest BCUT2D eigenvalue weighted by Gasteiger charge is 2.12. The minimum Gasteiger partial charge on any atom is -0.481 e. The van der Waals surface area contributed by atoms with E-state index in [0.29, 0.717) is 5.82 Å². The molecule has 0 fully saturated rings. The van der Waals surface area contributed by atoms with Gasteiger partial charge in [0.15, 0.2) is 0 Å². The molecule has 0 bridgehead atoms. The zero-order chi connectivity index (χ0) is 11.1. The summed E-state index contributed by atoms with van der Waals surface area (Å²) in [4.78, 5) is 18.4. The molecular formula is C10H15N3O2. The van der Waals surface area contributed by atoms with E-state index >= 15 is 0 Å². The van der Waals surface area contributed by atoms with E-state index in [1.54, 1.807) is 12.3 Å². The topological polar surface area (TPSA) is 75.1 Å². The standard InChI is InChI=1S/C10H15N3O2/c1-2-3-8(6-10(14)15)13-9-4-5-11-7-12-9/h4-5,7-8H,2-3,6H2,1H3,(H,14,15)(H,11,12,13). The van der Waals surface area contributed by atoms with Crippen molar-refractivity contribution >= 4 is 11.8 Å². The highest BCUT2D eigenvalue weighted by atomic mass is 16.4. The Morgan fingerprint density at radius 3 is 3.00 bits per heavy atom. The van der Waals surface area contributed by atoms with Crippen LogP contribution in [0, 0.1) is 0 Å². The van der Waals surface area contributed by atoms with Crippen LogP contribution in [0.2, 0.25) is 0 Å². The molecule has 0 spiro atoms. The van der Waals surface area contributed by atoms with Gasteiger partial charge in [-0.1, -0.05) is 13.3 Å². The molecule has 0 aliphatic heterocycles. The summed E-state index contributed by atoms with van der Waals surface area (Å²) in [6.45, 7) is 2.02. The van der Waals surface area contributed by atoms with Gasteiger partial charge in [-0.05, 0) is 12.5 Å². The van der Waals surface area contributed by atoms with Gasteiger partial charge < -0.3 is 10.4 Å². The molecule has 1 aromatic heterocycles. The van der Waals surface area contributed by atoms with Crippen LogP contribution >= 0.6 is 0 Å². The summed E-state index contributed by atoms with van der Waals surface area (Å²) in [6, 6.07) is 1.66. The summed E-state index contributed by atoms with van der Waals surface area (Å²) in [5.41, 5.74) is 0. The Kier molecular flexibility index (Phi) is 4.53. The van der Waals surface area contributed by atoms with Crippen LogP contribution in [0.3, 0.4) is 0 Å². The highest BCUT2D eigenvalue weighted by Crippen LogP contribution is 2.09. The lowest BCUT2D eigenvalue weighted by molar-refractivity contribution is -0.137. The van der Waals surface area contributed by atoms with Gasteiger partial charge >= 0.3 is 5.97 Å². The Hall–Kier alpha value is -1.65. The molecule has 1 rings (SSSR count). The van der Waals surface area contributed by atoms with Crippen LogP contribution in [-0.4, -0.2) is 27.1 Å². The van der Waals surface area contributed by atoms with E-state index in [9.17, 15) is 4.79 Å². The fourth-order valence-electron chi connectivity index (χ4n) is 1.37. The average Bonchev–Trinajstić information content (AvgIpc) is 2.18. The molecule has 82 valence electrons. The van der Waals surface area contributed by atoms with Crippen molar-refractivity contribution in [3.8, 4) is 0 Å². The maximum absolute atomic E-state index is 10.6. The zero-order valence-corrected chi connectivity index (χ0v) is 8.68. The van der Waals surface area contributed by atoms with Crippen molar-refractivity contribution in [2.75, 3.05) is 5.32 Å². The van der Waals surface area contributed by atoms with Gasteiger partial charge in [-0.15, -0.1) is 0 Å². The number of carboxylic acid groups (broad SMARTS) is 1. The van der Waals surface area contributed by atoms with E-state index < -0.39 is 5.97 Å². The third kappa shape index (κ3) is 4.39.